The van der Waals surface area contributed by atoms with Crippen LogP contribution in [0.3, 0.4) is 0 Å². The number of aryl methyl sites for hydroxylation is 1. The highest BCUT2D eigenvalue weighted by molar-refractivity contribution is 6.31. The molecule has 1 saturated heterocycles. The maximum Gasteiger partial charge on any atom is 0.241 e. The van der Waals surface area contributed by atoms with Gasteiger partial charge in [-0.1, -0.05) is 17.7 Å². The Hall–Kier alpha value is -2.67. The zero-order chi connectivity index (χ0) is 21.3. The summed E-state index contributed by atoms with van der Waals surface area (Å²) in [5, 5.41) is 2.66. The highest BCUT2D eigenvalue weighted by Crippen LogP contribution is 2.26. The van der Waals surface area contributed by atoms with Crippen molar-refractivity contribution in [1.82, 2.24) is 4.90 Å². The molecule has 4 rings (SSSR count). The predicted molar refractivity (Wildman–Crippen MR) is 112 cm³/mol. The monoisotopic (exact) mass is 433 g/mol. The van der Waals surface area contributed by atoms with E-state index in [9.17, 15) is 18.4 Å². The molecule has 1 heterocycles. The largest absolute Gasteiger partial charge is 0.376 e. The minimum absolute atomic E-state index is 0.0315. The van der Waals surface area contributed by atoms with Crippen LogP contribution >= 0.6 is 11.6 Å². The highest BCUT2D eigenvalue weighted by atomic mass is 35.5. The zero-order valence-electron chi connectivity index (χ0n) is 16.4. The second kappa shape index (κ2) is 8.60. The van der Waals surface area contributed by atoms with E-state index >= 15 is 0 Å². The number of hydrogen-bond donors (Lipinski definition) is 1. The molecule has 158 valence electrons. The van der Waals surface area contributed by atoms with Crippen LogP contribution in [0.15, 0.2) is 30.3 Å². The Morgan fingerprint density at radius 2 is 1.70 bits per heavy atom. The van der Waals surface area contributed by atoms with Crippen LogP contribution < -0.4 is 10.2 Å². The molecule has 1 fully saturated rings. The fourth-order valence-electron chi connectivity index (χ4n) is 3.94. The van der Waals surface area contributed by atoms with Gasteiger partial charge in [0, 0.05) is 50.4 Å². The number of nitrogens with zero attached hydrogens (tertiary/aromatic N) is 2. The van der Waals surface area contributed by atoms with Crippen molar-refractivity contribution in [2.45, 2.75) is 19.3 Å². The van der Waals surface area contributed by atoms with Crippen molar-refractivity contribution in [3.8, 4) is 0 Å². The van der Waals surface area contributed by atoms with E-state index in [2.05, 4.69) is 5.32 Å². The molecule has 1 N–H and O–H groups in total. The van der Waals surface area contributed by atoms with Crippen LogP contribution in [0.2, 0.25) is 5.02 Å². The van der Waals surface area contributed by atoms with Crippen LogP contribution in [0, 0.1) is 11.6 Å². The number of carbonyl (C=O) groups excluding carboxylic acids is 2. The van der Waals surface area contributed by atoms with Gasteiger partial charge in [0.15, 0.2) is 0 Å². The quantitative estimate of drug-likeness (QED) is 0.750. The molecular weight excluding hydrogens is 412 g/mol. The van der Waals surface area contributed by atoms with Crippen LogP contribution in [-0.2, 0) is 22.4 Å². The standard InChI is InChI=1S/C22H22ClF2N3O2/c23-22-19(24)11-17(12-20(22)25)27-5-7-28(8-6-27)21(30)13-26-16-3-1-15-10-18(29)4-2-14(15)9-16/h1,3,9,11-12,26H,2,4-8,10,13H2. The lowest BCUT2D eigenvalue weighted by Crippen LogP contribution is -2.50. The van der Waals surface area contributed by atoms with E-state index in [1.807, 2.05) is 23.1 Å². The van der Waals surface area contributed by atoms with Crippen LogP contribution in [-0.4, -0.2) is 49.3 Å². The molecular formula is C22H22ClF2N3O2. The van der Waals surface area contributed by atoms with Crippen molar-refractivity contribution in [3.63, 3.8) is 0 Å². The van der Waals surface area contributed by atoms with Gasteiger partial charge in [0.05, 0.1) is 6.54 Å². The minimum Gasteiger partial charge on any atom is -0.376 e. The van der Waals surface area contributed by atoms with Gasteiger partial charge in [-0.3, -0.25) is 9.59 Å². The lowest BCUT2D eigenvalue weighted by atomic mass is 9.90. The summed E-state index contributed by atoms with van der Waals surface area (Å²) in [6, 6.07) is 8.29. The molecule has 1 aliphatic heterocycles. The number of Topliss-reactive ketones (excluding diaryl/α,β-unsaturated/α-hetero) is 1. The number of hydrogen-bond acceptors (Lipinski definition) is 4. The molecule has 0 saturated carbocycles. The summed E-state index contributed by atoms with van der Waals surface area (Å²) in [6.07, 6.45) is 1.80. The molecule has 30 heavy (non-hydrogen) atoms. The molecule has 0 bridgehead atoms. The average Bonchev–Trinajstić information content (AvgIpc) is 2.75. The Morgan fingerprint density at radius 1 is 1.00 bits per heavy atom. The second-order valence-corrected chi connectivity index (χ2v) is 8.02. The SMILES string of the molecule is O=C1CCc2cc(NCC(=O)N3CCN(c4cc(F)c(Cl)c(F)c4)CC3)ccc2C1. The molecule has 0 radical (unpaired) electrons. The molecule has 5 nitrogen and oxygen atoms in total. The van der Waals surface area contributed by atoms with Crippen LogP contribution in [0.5, 0.6) is 0 Å². The van der Waals surface area contributed by atoms with Gasteiger partial charge in [0.1, 0.15) is 22.4 Å². The number of ketones is 1. The third-order valence-corrected chi connectivity index (χ3v) is 6.04. The number of amides is 1. The Morgan fingerprint density at radius 3 is 2.40 bits per heavy atom. The molecule has 2 aromatic carbocycles. The number of rotatable bonds is 4. The number of piperazine rings is 1. The smallest absolute Gasteiger partial charge is 0.241 e. The number of benzene rings is 2. The zero-order valence-corrected chi connectivity index (χ0v) is 17.1. The Bertz CT molecular complexity index is 967. The second-order valence-electron chi connectivity index (χ2n) is 7.64. The molecule has 1 amide bonds. The number of anilines is 2. The maximum absolute atomic E-state index is 13.7. The van der Waals surface area contributed by atoms with Gasteiger partial charge < -0.3 is 15.1 Å². The molecule has 0 unspecified atom stereocenters. The van der Waals surface area contributed by atoms with Crippen LogP contribution in [0.1, 0.15) is 17.5 Å². The van der Waals surface area contributed by atoms with Gasteiger partial charge in [-0.25, -0.2) is 8.78 Å². The lowest BCUT2D eigenvalue weighted by Gasteiger charge is -2.36. The molecule has 2 aromatic rings. The first-order valence-corrected chi connectivity index (χ1v) is 10.3. The number of fused-ring (bicyclic) bond motifs is 1. The van der Waals surface area contributed by atoms with E-state index in [-0.39, 0.29) is 18.2 Å². The fourth-order valence-corrected chi connectivity index (χ4v) is 4.05. The lowest BCUT2D eigenvalue weighted by molar-refractivity contribution is -0.129. The molecule has 2 aliphatic rings. The van der Waals surface area contributed by atoms with E-state index in [4.69, 9.17) is 11.6 Å². The maximum atomic E-state index is 13.7. The van der Waals surface area contributed by atoms with Gasteiger partial charge in [0.25, 0.3) is 0 Å². The van der Waals surface area contributed by atoms with Crippen molar-refractivity contribution < 1.29 is 18.4 Å². The summed E-state index contributed by atoms with van der Waals surface area (Å²) >= 11 is 5.54. The first-order valence-electron chi connectivity index (χ1n) is 9.95. The summed E-state index contributed by atoms with van der Waals surface area (Å²) in [5.74, 6) is -1.34. The third-order valence-electron chi connectivity index (χ3n) is 5.68. The van der Waals surface area contributed by atoms with E-state index in [0.29, 0.717) is 44.7 Å². The van der Waals surface area contributed by atoms with E-state index in [0.717, 1.165) is 23.2 Å². The van der Waals surface area contributed by atoms with Gasteiger partial charge in [0.2, 0.25) is 5.91 Å². The molecule has 1 aliphatic carbocycles. The van der Waals surface area contributed by atoms with E-state index in [1.54, 1.807) is 4.90 Å². The first kappa shape index (κ1) is 20.6. The van der Waals surface area contributed by atoms with E-state index < -0.39 is 16.7 Å². The summed E-state index contributed by atoms with van der Waals surface area (Å²) < 4.78 is 27.4. The third kappa shape index (κ3) is 4.41. The van der Waals surface area contributed by atoms with Crippen LogP contribution in [0.4, 0.5) is 20.2 Å². The van der Waals surface area contributed by atoms with Gasteiger partial charge in [-0.15, -0.1) is 0 Å². The molecule has 0 atom stereocenters. The van der Waals surface area contributed by atoms with E-state index in [1.165, 1.54) is 12.1 Å². The molecule has 0 aromatic heterocycles. The van der Waals surface area contributed by atoms with Gasteiger partial charge >= 0.3 is 0 Å². The molecule has 8 heteroatoms. The van der Waals surface area contributed by atoms with Crippen molar-refractivity contribution in [3.05, 3.63) is 58.1 Å². The van der Waals surface area contributed by atoms with Crippen molar-refractivity contribution in [1.29, 1.82) is 0 Å². The summed E-state index contributed by atoms with van der Waals surface area (Å²) in [5.41, 5.74) is 3.51. The normalized spacial score (nSPS) is 16.4. The summed E-state index contributed by atoms with van der Waals surface area (Å²) in [6.45, 7) is 2.08. The summed E-state index contributed by atoms with van der Waals surface area (Å²) in [4.78, 5) is 27.7. The average molecular weight is 434 g/mol. The summed E-state index contributed by atoms with van der Waals surface area (Å²) in [7, 11) is 0. The highest BCUT2D eigenvalue weighted by Gasteiger charge is 2.23. The fraction of sp³-hybridized carbons (Fsp3) is 0.364. The van der Waals surface area contributed by atoms with Crippen molar-refractivity contribution in [2.75, 3.05) is 42.9 Å². The Labute approximate surface area is 178 Å². The first-order chi connectivity index (χ1) is 14.4. The topological polar surface area (TPSA) is 52.7 Å². The van der Waals surface area contributed by atoms with Gasteiger partial charge in [-0.2, -0.15) is 0 Å². The number of carbonyl (C=O) groups is 2. The predicted octanol–water partition coefficient (Wildman–Crippen LogP) is 3.44. The van der Waals surface area contributed by atoms with Crippen molar-refractivity contribution >= 4 is 34.7 Å². The van der Waals surface area contributed by atoms with Crippen molar-refractivity contribution in [2.24, 2.45) is 0 Å². The Kier molecular flexibility index (Phi) is 5.90. The minimum atomic E-state index is -0.788. The molecule has 0 spiro atoms. The van der Waals surface area contributed by atoms with Crippen LogP contribution in [0.25, 0.3) is 0 Å². The number of halogens is 3. The number of nitrogens with one attached hydrogen (secondary N) is 1. The Balaban J connectivity index is 1.30. The van der Waals surface area contributed by atoms with Gasteiger partial charge in [-0.05, 0) is 41.8 Å².